The van der Waals surface area contributed by atoms with E-state index in [2.05, 4.69) is 71.3 Å². The Kier molecular flexibility index (Phi) is 5.32. The van der Waals surface area contributed by atoms with Gasteiger partial charge in [0, 0.05) is 16.9 Å². The van der Waals surface area contributed by atoms with Crippen molar-refractivity contribution in [3.63, 3.8) is 0 Å². The minimum absolute atomic E-state index is 0.194. The molecule has 0 saturated carbocycles. The molecular weight excluding hydrogens is 312 g/mol. The maximum atomic E-state index is 4.30. The van der Waals surface area contributed by atoms with E-state index in [9.17, 15) is 0 Å². The highest BCUT2D eigenvalue weighted by molar-refractivity contribution is 9.10. The quantitative estimate of drug-likeness (QED) is 0.868. The molecule has 1 unspecified atom stereocenters. The van der Waals surface area contributed by atoms with E-state index in [1.165, 1.54) is 22.3 Å². The van der Waals surface area contributed by atoms with Gasteiger partial charge in [-0.15, -0.1) is 0 Å². The van der Waals surface area contributed by atoms with E-state index in [0.29, 0.717) is 0 Å². The summed E-state index contributed by atoms with van der Waals surface area (Å²) in [4.78, 5) is 4.30. The second kappa shape index (κ2) is 7.00. The molecule has 20 heavy (non-hydrogen) atoms. The van der Waals surface area contributed by atoms with Crippen LogP contribution in [-0.2, 0) is 0 Å². The Morgan fingerprint density at radius 1 is 1.25 bits per heavy atom. The number of pyridine rings is 1. The SMILES string of the molecule is CCCNC(c1cncc(Br)c1)c1cccc(C)c1C. The lowest BCUT2D eigenvalue weighted by Gasteiger charge is -2.22. The maximum absolute atomic E-state index is 4.30. The van der Waals surface area contributed by atoms with Gasteiger partial charge in [-0.25, -0.2) is 0 Å². The van der Waals surface area contributed by atoms with Gasteiger partial charge in [-0.2, -0.15) is 0 Å². The Labute approximate surface area is 129 Å². The molecule has 1 N–H and O–H groups in total. The molecule has 3 heteroatoms. The fourth-order valence-electron chi connectivity index (χ4n) is 2.37. The van der Waals surface area contributed by atoms with Crippen molar-refractivity contribution < 1.29 is 0 Å². The number of nitrogens with zero attached hydrogens (tertiary/aromatic N) is 1. The van der Waals surface area contributed by atoms with Crippen LogP contribution in [-0.4, -0.2) is 11.5 Å². The monoisotopic (exact) mass is 332 g/mol. The predicted molar refractivity (Wildman–Crippen MR) is 88.0 cm³/mol. The van der Waals surface area contributed by atoms with Crippen molar-refractivity contribution in [3.8, 4) is 0 Å². The van der Waals surface area contributed by atoms with Crippen LogP contribution in [0.2, 0.25) is 0 Å². The average molecular weight is 333 g/mol. The molecule has 0 amide bonds. The summed E-state index contributed by atoms with van der Waals surface area (Å²) in [6.45, 7) is 7.53. The van der Waals surface area contributed by atoms with Gasteiger partial charge in [0.1, 0.15) is 0 Å². The molecule has 1 heterocycles. The van der Waals surface area contributed by atoms with Gasteiger partial charge in [-0.05, 0) is 71.1 Å². The molecule has 0 aliphatic carbocycles. The van der Waals surface area contributed by atoms with Crippen LogP contribution in [0.25, 0.3) is 0 Å². The van der Waals surface area contributed by atoms with E-state index in [4.69, 9.17) is 0 Å². The van der Waals surface area contributed by atoms with E-state index in [0.717, 1.165) is 17.4 Å². The Morgan fingerprint density at radius 2 is 2.05 bits per heavy atom. The molecule has 106 valence electrons. The first-order valence-corrected chi connectivity index (χ1v) is 7.82. The fourth-order valence-corrected chi connectivity index (χ4v) is 2.75. The van der Waals surface area contributed by atoms with Gasteiger partial charge in [0.15, 0.2) is 0 Å². The summed E-state index contributed by atoms with van der Waals surface area (Å²) in [6.07, 6.45) is 4.88. The zero-order chi connectivity index (χ0) is 14.5. The number of hydrogen-bond acceptors (Lipinski definition) is 2. The van der Waals surface area contributed by atoms with E-state index in [1.807, 2.05) is 12.4 Å². The van der Waals surface area contributed by atoms with Crippen molar-refractivity contribution in [1.29, 1.82) is 0 Å². The van der Waals surface area contributed by atoms with Crippen LogP contribution in [0.4, 0.5) is 0 Å². The van der Waals surface area contributed by atoms with Crippen molar-refractivity contribution in [2.24, 2.45) is 0 Å². The normalized spacial score (nSPS) is 12.4. The van der Waals surface area contributed by atoms with Crippen LogP contribution in [0.15, 0.2) is 41.1 Å². The van der Waals surface area contributed by atoms with Crippen LogP contribution < -0.4 is 5.32 Å². The fraction of sp³-hybridized carbons (Fsp3) is 0.353. The zero-order valence-corrected chi connectivity index (χ0v) is 13.9. The van der Waals surface area contributed by atoms with Gasteiger partial charge >= 0.3 is 0 Å². The summed E-state index contributed by atoms with van der Waals surface area (Å²) in [5.74, 6) is 0. The number of aryl methyl sites for hydroxylation is 1. The van der Waals surface area contributed by atoms with E-state index < -0.39 is 0 Å². The van der Waals surface area contributed by atoms with E-state index in [-0.39, 0.29) is 6.04 Å². The number of benzene rings is 1. The van der Waals surface area contributed by atoms with Gasteiger partial charge in [-0.3, -0.25) is 4.98 Å². The van der Waals surface area contributed by atoms with Crippen LogP contribution in [0, 0.1) is 13.8 Å². The van der Waals surface area contributed by atoms with Gasteiger partial charge in [0.05, 0.1) is 6.04 Å². The van der Waals surface area contributed by atoms with Crippen molar-refractivity contribution in [2.75, 3.05) is 6.54 Å². The lowest BCUT2D eigenvalue weighted by atomic mass is 9.93. The average Bonchev–Trinajstić information content (AvgIpc) is 2.44. The molecule has 2 aromatic rings. The second-order valence-electron chi connectivity index (χ2n) is 5.11. The van der Waals surface area contributed by atoms with Gasteiger partial charge in [0.2, 0.25) is 0 Å². The molecule has 2 nitrogen and oxygen atoms in total. The van der Waals surface area contributed by atoms with Crippen LogP contribution >= 0.6 is 15.9 Å². The molecule has 0 saturated heterocycles. The molecule has 0 aliphatic rings. The highest BCUT2D eigenvalue weighted by Gasteiger charge is 2.16. The first-order chi connectivity index (χ1) is 9.63. The minimum Gasteiger partial charge on any atom is -0.306 e. The van der Waals surface area contributed by atoms with Crippen molar-refractivity contribution in [1.82, 2.24) is 10.3 Å². The van der Waals surface area contributed by atoms with Crippen molar-refractivity contribution in [2.45, 2.75) is 33.2 Å². The summed E-state index contributed by atoms with van der Waals surface area (Å²) >= 11 is 3.51. The van der Waals surface area contributed by atoms with Gasteiger partial charge in [0.25, 0.3) is 0 Å². The number of hydrogen-bond donors (Lipinski definition) is 1. The summed E-state index contributed by atoms with van der Waals surface area (Å²) in [6, 6.07) is 8.83. The topological polar surface area (TPSA) is 24.9 Å². The maximum Gasteiger partial charge on any atom is 0.0595 e. The Morgan fingerprint density at radius 3 is 2.75 bits per heavy atom. The summed E-state index contributed by atoms with van der Waals surface area (Å²) < 4.78 is 1.02. The molecule has 0 fully saturated rings. The number of halogens is 1. The van der Waals surface area contributed by atoms with Gasteiger partial charge < -0.3 is 5.32 Å². The Bertz CT molecular complexity index is 581. The van der Waals surface area contributed by atoms with E-state index in [1.54, 1.807) is 0 Å². The molecule has 1 atom stereocenters. The first-order valence-electron chi connectivity index (χ1n) is 7.03. The zero-order valence-electron chi connectivity index (χ0n) is 12.3. The van der Waals surface area contributed by atoms with Crippen LogP contribution in [0.5, 0.6) is 0 Å². The van der Waals surface area contributed by atoms with E-state index >= 15 is 0 Å². The smallest absolute Gasteiger partial charge is 0.0595 e. The lowest BCUT2D eigenvalue weighted by Crippen LogP contribution is -2.24. The molecule has 2 rings (SSSR count). The molecule has 1 aromatic carbocycles. The summed E-state index contributed by atoms with van der Waals surface area (Å²) in [7, 11) is 0. The molecule has 0 bridgehead atoms. The minimum atomic E-state index is 0.194. The molecule has 0 spiro atoms. The summed E-state index contributed by atoms with van der Waals surface area (Å²) in [5.41, 5.74) is 5.20. The second-order valence-corrected chi connectivity index (χ2v) is 6.03. The number of nitrogens with one attached hydrogen (secondary N) is 1. The number of rotatable bonds is 5. The highest BCUT2D eigenvalue weighted by atomic mass is 79.9. The van der Waals surface area contributed by atoms with Crippen molar-refractivity contribution >= 4 is 15.9 Å². The molecule has 1 aromatic heterocycles. The first kappa shape index (κ1) is 15.2. The molecule has 0 aliphatic heterocycles. The third-order valence-corrected chi connectivity index (χ3v) is 4.05. The largest absolute Gasteiger partial charge is 0.306 e. The third kappa shape index (κ3) is 3.47. The third-order valence-electron chi connectivity index (χ3n) is 3.62. The number of aromatic nitrogens is 1. The van der Waals surface area contributed by atoms with Crippen molar-refractivity contribution in [3.05, 3.63) is 63.4 Å². The molecule has 0 radical (unpaired) electrons. The highest BCUT2D eigenvalue weighted by Crippen LogP contribution is 2.27. The van der Waals surface area contributed by atoms with Crippen LogP contribution in [0.1, 0.15) is 41.6 Å². The molecular formula is C17H21BrN2. The Hall–Kier alpha value is -1.19. The summed E-state index contributed by atoms with van der Waals surface area (Å²) in [5, 5.41) is 3.64. The Balaban J connectivity index is 2.44. The van der Waals surface area contributed by atoms with Crippen LogP contribution in [0.3, 0.4) is 0 Å². The lowest BCUT2D eigenvalue weighted by molar-refractivity contribution is 0.594. The standard InChI is InChI=1S/C17H21BrN2/c1-4-8-20-17(14-9-15(18)11-19-10-14)16-7-5-6-12(2)13(16)3/h5-7,9-11,17,20H,4,8H2,1-3H3. The van der Waals surface area contributed by atoms with Gasteiger partial charge in [-0.1, -0.05) is 25.1 Å². The predicted octanol–water partition coefficient (Wildman–Crippen LogP) is 4.55.